The molecule has 0 unspecified atom stereocenters. The highest BCUT2D eigenvalue weighted by Crippen LogP contribution is 2.28. The van der Waals surface area contributed by atoms with E-state index in [1.807, 2.05) is 0 Å². The molecule has 0 aliphatic heterocycles. The lowest BCUT2D eigenvalue weighted by Gasteiger charge is -2.14. The molecule has 1 aliphatic rings. The Morgan fingerprint density at radius 3 is 2.60 bits per heavy atom. The summed E-state index contributed by atoms with van der Waals surface area (Å²) in [6.45, 7) is 4.39. The molecule has 1 aliphatic carbocycles. The van der Waals surface area contributed by atoms with Gasteiger partial charge in [0.15, 0.2) is 0 Å². The van der Waals surface area contributed by atoms with Crippen LogP contribution < -0.4 is 0 Å². The third-order valence-corrected chi connectivity index (χ3v) is 3.08. The summed E-state index contributed by atoms with van der Waals surface area (Å²) in [6.07, 6.45) is 8.20. The van der Waals surface area contributed by atoms with E-state index in [1.165, 1.54) is 36.0 Å². The Kier molecular flexibility index (Phi) is 3.05. The van der Waals surface area contributed by atoms with E-state index in [-0.39, 0.29) is 0 Å². The molecule has 0 heteroatoms. The SMILES string of the molecule is CCC1=CC=C(c2cccc(C)c2)CC1. The van der Waals surface area contributed by atoms with E-state index in [1.54, 1.807) is 5.57 Å². The van der Waals surface area contributed by atoms with Gasteiger partial charge in [-0.3, -0.25) is 0 Å². The maximum atomic E-state index is 2.29. The standard InChI is InChI=1S/C15H18/c1-3-13-7-9-14(10-8-13)15-6-4-5-12(2)11-15/h4-7,9,11H,3,8,10H2,1-2H3. The van der Waals surface area contributed by atoms with Gasteiger partial charge in [0.1, 0.15) is 0 Å². The predicted molar refractivity (Wildman–Crippen MR) is 66.8 cm³/mol. The average Bonchev–Trinajstić information content (AvgIpc) is 2.29. The van der Waals surface area contributed by atoms with Gasteiger partial charge in [-0.05, 0) is 37.3 Å². The zero-order chi connectivity index (χ0) is 10.7. The van der Waals surface area contributed by atoms with Crippen LogP contribution in [0.1, 0.15) is 37.3 Å². The molecule has 0 nitrogen and oxygen atoms in total. The highest BCUT2D eigenvalue weighted by Gasteiger charge is 2.06. The quantitative estimate of drug-likeness (QED) is 0.656. The predicted octanol–water partition coefficient (Wildman–Crippen LogP) is 4.51. The minimum atomic E-state index is 1.19. The van der Waals surface area contributed by atoms with Crippen LogP contribution in [-0.2, 0) is 0 Å². The fraction of sp³-hybridized carbons (Fsp3) is 0.333. The summed E-state index contributed by atoms with van der Waals surface area (Å²) in [5.74, 6) is 0. The van der Waals surface area contributed by atoms with Gasteiger partial charge >= 0.3 is 0 Å². The van der Waals surface area contributed by atoms with Crippen LogP contribution >= 0.6 is 0 Å². The number of rotatable bonds is 2. The van der Waals surface area contributed by atoms with Gasteiger partial charge in [-0.25, -0.2) is 0 Å². The number of hydrogen-bond acceptors (Lipinski definition) is 0. The normalized spacial score (nSPS) is 15.9. The maximum absolute atomic E-state index is 2.29. The van der Waals surface area contributed by atoms with E-state index < -0.39 is 0 Å². The van der Waals surface area contributed by atoms with Crippen LogP contribution in [0.3, 0.4) is 0 Å². The molecule has 1 aromatic rings. The van der Waals surface area contributed by atoms with Crippen molar-refractivity contribution in [2.45, 2.75) is 33.1 Å². The third kappa shape index (κ3) is 2.38. The number of aryl methyl sites for hydroxylation is 1. The minimum absolute atomic E-state index is 1.19. The number of allylic oxidation sites excluding steroid dienone is 4. The Balaban J connectivity index is 2.26. The molecule has 0 bridgehead atoms. The van der Waals surface area contributed by atoms with Gasteiger partial charge in [0.25, 0.3) is 0 Å². The molecule has 1 aromatic carbocycles. The summed E-state index contributed by atoms with van der Waals surface area (Å²) in [4.78, 5) is 0. The van der Waals surface area contributed by atoms with E-state index in [0.29, 0.717) is 0 Å². The van der Waals surface area contributed by atoms with Gasteiger partial charge in [-0.15, -0.1) is 0 Å². The molecular weight excluding hydrogens is 180 g/mol. The van der Waals surface area contributed by atoms with Gasteiger partial charge in [-0.1, -0.05) is 54.5 Å². The lowest BCUT2D eigenvalue weighted by Crippen LogP contribution is -1.93. The molecule has 0 fully saturated rings. The molecule has 0 amide bonds. The Hall–Kier alpha value is -1.30. The summed E-state index contributed by atoms with van der Waals surface area (Å²) in [6, 6.07) is 8.78. The first kappa shape index (κ1) is 10.2. The van der Waals surface area contributed by atoms with Gasteiger partial charge in [-0.2, -0.15) is 0 Å². The van der Waals surface area contributed by atoms with Crippen LogP contribution in [-0.4, -0.2) is 0 Å². The van der Waals surface area contributed by atoms with E-state index in [9.17, 15) is 0 Å². The van der Waals surface area contributed by atoms with Gasteiger partial charge in [0.2, 0.25) is 0 Å². The lowest BCUT2D eigenvalue weighted by atomic mass is 9.92. The first-order valence-corrected chi connectivity index (χ1v) is 5.75. The Labute approximate surface area is 92.3 Å². The summed E-state index contributed by atoms with van der Waals surface area (Å²) in [5, 5.41) is 0. The van der Waals surface area contributed by atoms with Crippen LogP contribution in [0, 0.1) is 6.92 Å². The van der Waals surface area contributed by atoms with Crippen LogP contribution in [0.25, 0.3) is 5.57 Å². The molecule has 0 spiro atoms. The molecule has 0 aromatic heterocycles. The maximum Gasteiger partial charge on any atom is -0.0222 e. The highest BCUT2D eigenvalue weighted by atomic mass is 14.1. The fourth-order valence-electron chi connectivity index (χ4n) is 2.06. The fourth-order valence-corrected chi connectivity index (χ4v) is 2.06. The molecule has 0 saturated heterocycles. The molecule has 15 heavy (non-hydrogen) atoms. The molecule has 2 rings (SSSR count). The van der Waals surface area contributed by atoms with Crippen LogP contribution in [0.4, 0.5) is 0 Å². The van der Waals surface area contributed by atoms with Gasteiger partial charge < -0.3 is 0 Å². The Morgan fingerprint density at radius 1 is 1.13 bits per heavy atom. The second-order valence-corrected chi connectivity index (χ2v) is 4.24. The zero-order valence-corrected chi connectivity index (χ0v) is 9.59. The van der Waals surface area contributed by atoms with Crippen molar-refractivity contribution in [2.24, 2.45) is 0 Å². The smallest absolute Gasteiger partial charge is 0.0222 e. The Bertz CT molecular complexity index is 408. The van der Waals surface area contributed by atoms with Crippen molar-refractivity contribution in [1.82, 2.24) is 0 Å². The number of benzene rings is 1. The monoisotopic (exact) mass is 198 g/mol. The minimum Gasteiger partial charge on any atom is -0.0701 e. The molecule has 0 radical (unpaired) electrons. The van der Waals surface area contributed by atoms with Crippen molar-refractivity contribution in [3.63, 3.8) is 0 Å². The average molecular weight is 198 g/mol. The van der Waals surface area contributed by atoms with Gasteiger partial charge in [0, 0.05) is 0 Å². The van der Waals surface area contributed by atoms with Crippen molar-refractivity contribution in [2.75, 3.05) is 0 Å². The van der Waals surface area contributed by atoms with Crippen LogP contribution in [0.5, 0.6) is 0 Å². The van der Waals surface area contributed by atoms with E-state index in [2.05, 4.69) is 50.3 Å². The molecular formula is C15H18. The van der Waals surface area contributed by atoms with E-state index in [4.69, 9.17) is 0 Å². The summed E-state index contributed by atoms with van der Waals surface area (Å²) in [7, 11) is 0. The van der Waals surface area contributed by atoms with Gasteiger partial charge in [0.05, 0.1) is 0 Å². The lowest BCUT2D eigenvalue weighted by molar-refractivity contribution is 0.906. The molecule has 0 atom stereocenters. The molecule has 78 valence electrons. The zero-order valence-electron chi connectivity index (χ0n) is 9.59. The van der Waals surface area contributed by atoms with E-state index in [0.717, 1.165) is 0 Å². The van der Waals surface area contributed by atoms with Crippen LogP contribution in [0.15, 0.2) is 42.0 Å². The first-order chi connectivity index (χ1) is 7.29. The van der Waals surface area contributed by atoms with Crippen molar-refractivity contribution < 1.29 is 0 Å². The largest absolute Gasteiger partial charge is 0.0701 e. The van der Waals surface area contributed by atoms with Crippen molar-refractivity contribution >= 4 is 5.57 Å². The van der Waals surface area contributed by atoms with Crippen molar-refractivity contribution in [3.05, 3.63) is 53.1 Å². The topological polar surface area (TPSA) is 0 Å². The van der Waals surface area contributed by atoms with E-state index >= 15 is 0 Å². The molecule has 0 N–H and O–H groups in total. The molecule has 0 saturated carbocycles. The summed E-state index contributed by atoms with van der Waals surface area (Å²) in [5.41, 5.74) is 5.79. The first-order valence-electron chi connectivity index (χ1n) is 5.75. The van der Waals surface area contributed by atoms with Crippen molar-refractivity contribution in [3.8, 4) is 0 Å². The third-order valence-electron chi connectivity index (χ3n) is 3.08. The van der Waals surface area contributed by atoms with Crippen LogP contribution in [0.2, 0.25) is 0 Å². The second kappa shape index (κ2) is 4.48. The summed E-state index contributed by atoms with van der Waals surface area (Å²) < 4.78 is 0. The summed E-state index contributed by atoms with van der Waals surface area (Å²) >= 11 is 0. The van der Waals surface area contributed by atoms with Crippen molar-refractivity contribution in [1.29, 1.82) is 0 Å². The number of hydrogen-bond donors (Lipinski definition) is 0. The Morgan fingerprint density at radius 2 is 2.00 bits per heavy atom. The second-order valence-electron chi connectivity index (χ2n) is 4.24. The highest BCUT2D eigenvalue weighted by molar-refractivity contribution is 5.69. The molecule has 0 heterocycles.